The molecule has 0 aliphatic rings. The molecule has 4 nitrogen and oxygen atoms in total. The Hall–Kier alpha value is 0.870. The van der Waals surface area contributed by atoms with E-state index >= 15 is 0 Å². The summed E-state index contributed by atoms with van der Waals surface area (Å²) >= 11 is 0. The van der Waals surface area contributed by atoms with Crippen LogP contribution >= 0.6 is 0 Å². The normalized spacial score (nSPS) is 13.7. The first-order chi connectivity index (χ1) is 13.8. The molecule has 0 rings (SSSR count). The van der Waals surface area contributed by atoms with Gasteiger partial charge in [0.15, 0.2) is 4.93 Å². The van der Waals surface area contributed by atoms with Crippen molar-refractivity contribution >= 4 is 10.1 Å². The third kappa shape index (κ3) is 20.8. The SMILES string of the molecule is CCCCCCCCCCCCCCCCCCCCCCC(C)(O)S(=O)(=O)[O-].[Na+]. The van der Waals surface area contributed by atoms with E-state index in [1.807, 2.05) is 0 Å². The predicted octanol–water partition coefficient (Wildman–Crippen LogP) is 4.46. The first-order valence-corrected chi connectivity index (χ1v) is 13.9. The second-order valence-electron chi connectivity index (χ2n) is 9.10. The van der Waals surface area contributed by atoms with Gasteiger partial charge in [0.05, 0.1) is 0 Å². The second-order valence-corrected chi connectivity index (χ2v) is 10.9. The molecule has 0 aliphatic carbocycles. The van der Waals surface area contributed by atoms with Crippen LogP contribution in [-0.2, 0) is 10.1 Å². The molecule has 176 valence electrons. The van der Waals surface area contributed by atoms with Crippen molar-refractivity contribution in [3.05, 3.63) is 0 Å². The summed E-state index contributed by atoms with van der Waals surface area (Å²) in [5, 5.41) is 9.60. The Bertz CT molecular complexity index is 452. The molecular formula is C24H49NaO4S. The number of hydrogen-bond donors (Lipinski definition) is 1. The maximum atomic E-state index is 10.9. The molecule has 1 N–H and O–H groups in total. The second kappa shape index (κ2) is 21.7. The fourth-order valence-corrected chi connectivity index (χ4v) is 4.23. The van der Waals surface area contributed by atoms with Crippen LogP contribution in [-0.4, -0.2) is 23.0 Å². The van der Waals surface area contributed by atoms with Crippen molar-refractivity contribution in [2.24, 2.45) is 0 Å². The van der Waals surface area contributed by atoms with E-state index in [1.54, 1.807) is 0 Å². The van der Waals surface area contributed by atoms with Crippen molar-refractivity contribution in [1.29, 1.82) is 0 Å². The monoisotopic (exact) mass is 456 g/mol. The molecule has 0 radical (unpaired) electrons. The number of unbranched alkanes of at least 4 members (excludes halogenated alkanes) is 19. The molecule has 0 aromatic rings. The molecular weight excluding hydrogens is 407 g/mol. The van der Waals surface area contributed by atoms with Crippen molar-refractivity contribution in [2.75, 3.05) is 0 Å². The first-order valence-electron chi connectivity index (χ1n) is 12.5. The Kier molecular flexibility index (Phi) is 23.9. The van der Waals surface area contributed by atoms with Gasteiger partial charge in [-0.15, -0.1) is 0 Å². The van der Waals surface area contributed by atoms with Gasteiger partial charge in [0, 0.05) is 0 Å². The van der Waals surface area contributed by atoms with Crippen LogP contribution in [0.25, 0.3) is 0 Å². The minimum atomic E-state index is -4.62. The van der Waals surface area contributed by atoms with E-state index in [4.69, 9.17) is 0 Å². The summed E-state index contributed by atoms with van der Waals surface area (Å²) < 4.78 is 32.6. The van der Waals surface area contributed by atoms with Crippen molar-refractivity contribution in [1.82, 2.24) is 0 Å². The standard InChI is InChI=1S/C24H50O4S.Na/c1-3-4-5-6-7-8-9-10-11-12-13-14-15-16-17-18-19-20-21-22-23-24(2,25)29(26,27)28;/h25H,3-23H2,1-2H3,(H,26,27,28);/q;+1/p-1. The third-order valence-electron chi connectivity index (χ3n) is 6.03. The molecule has 0 saturated heterocycles. The average molecular weight is 457 g/mol. The van der Waals surface area contributed by atoms with Gasteiger partial charge in [0.1, 0.15) is 10.1 Å². The van der Waals surface area contributed by atoms with E-state index in [0.717, 1.165) is 26.2 Å². The van der Waals surface area contributed by atoms with Crippen LogP contribution in [0, 0.1) is 0 Å². The molecule has 30 heavy (non-hydrogen) atoms. The van der Waals surface area contributed by atoms with Gasteiger partial charge in [-0.2, -0.15) is 0 Å². The molecule has 0 aromatic heterocycles. The van der Waals surface area contributed by atoms with Crippen LogP contribution in [0.5, 0.6) is 0 Å². The molecule has 1 unspecified atom stereocenters. The van der Waals surface area contributed by atoms with Gasteiger partial charge in [-0.05, 0) is 19.8 Å². The molecule has 0 aromatic carbocycles. The fraction of sp³-hybridized carbons (Fsp3) is 1.00. The van der Waals surface area contributed by atoms with Gasteiger partial charge in [0.25, 0.3) is 0 Å². The molecule has 0 heterocycles. The first kappa shape index (κ1) is 33.0. The zero-order valence-electron chi connectivity index (χ0n) is 20.4. The summed E-state index contributed by atoms with van der Waals surface area (Å²) in [5.41, 5.74) is 0. The van der Waals surface area contributed by atoms with Crippen LogP contribution in [0.15, 0.2) is 0 Å². The van der Waals surface area contributed by atoms with E-state index in [9.17, 15) is 18.1 Å². The minimum absolute atomic E-state index is 0. The number of rotatable bonds is 22. The maximum Gasteiger partial charge on any atom is 1.00 e. The number of hydrogen-bond acceptors (Lipinski definition) is 4. The minimum Gasteiger partial charge on any atom is -0.746 e. The van der Waals surface area contributed by atoms with E-state index in [2.05, 4.69) is 6.92 Å². The average Bonchev–Trinajstić information content (AvgIpc) is 2.65. The van der Waals surface area contributed by atoms with Crippen LogP contribution < -0.4 is 29.6 Å². The summed E-state index contributed by atoms with van der Waals surface area (Å²) in [6.45, 7) is 3.37. The zero-order chi connectivity index (χ0) is 21.8. The molecule has 0 aliphatic heterocycles. The summed E-state index contributed by atoms with van der Waals surface area (Å²) in [6, 6.07) is 0. The van der Waals surface area contributed by atoms with E-state index in [1.165, 1.54) is 103 Å². The molecule has 6 heteroatoms. The fourth-order valence-electron chi connectivity index (χ4n) is 3.83. The molecule has 1 atom stereocenters. The number of aliphatic hydroxyl groups is 1. The Labute approximate surface area is 210 Å². The van der Waals surface area contributed by atoms with Crippen molar-refractivity contribution in [2.45, 2.75) is 154 Å². The van der Waals surface area contributed by atoms with E-state index in [-0.39, 0.29) is 36.0 Å². The van der Waals surface area contributed by atoms with Gasteiger partial charge in [-0.3, -0.25) is 0 Å². The van der Waals surface area contributed by atoms with E-state index in [0.29, 0.717) is 6.42 Å². The topological polar surface area (TPSA) is 77.4 Å². The van der Waals surface area contributed by atoms with E-state index < -0.39 is 15.1 Å². The zero-order valence-corrected chi connectivity index (χ0v) is 23.2. The van der Waals surface area contributed by atoms with Crippen molar-refractivity contribution in [3.63, 3.8) is 0 Å². The van der Waals surface area contributed by atoms with Gasteiger partial charge in [-0.25, -0.2) is 8.42 Å². The quantitative estimate of drug-likeness (QED) is 0.148. The maximum absolute atomic E-state index is 10.9. The van der Waals surface area contributed by atoms with Crippen LogP contribution in [0.4, 0.5) is 0 Å². The Morgan fingerprint density at radius 2 is 0.833 bits per heavy atom. The van der Waals surface area contributed by atoms with Crippen LogP contribution in [0.3, 0.4) is 0 Å². The van der Waals surface area contributed by atoms with Crippen LogP contribution in [0.1, 0.15) is 149 Å². The molecule has 0 saturated carbocycles. The van der Waals surface area contributed by atoms with Gasteiger partial charge >= 0.3 is 29.6 Å². The predicted molar refractivity (Wildman–Crippen MR) is 123 cm³/mol. The Balaban J connectivity index is 0. The summed E-state index contributed by atoms with van der Waals surface area (Å²) in [7, 11) is -4.62. The smallest absolute Gasteiger partial charge is 0.746 e. The van der Waals surface area contributed by atoms with Gasteiger partial charge in [-0.1, -0.05) is 129 Å². The van der Waals surface area contributed by atoms with Crippen molar-refractivity contribution < 1.29 is 47.6 Å². The third-order valence-corrected chi connectivity index (χ3v) is 7.31. The molecule has 0 fully saturated rings. The van der Waals surface area contributed by atoms with Crippen molar-refractivity contribution in [3.8, 4) is 0 Å². The van der Waals surface area contributed by atoms with Crippen LogP contribution in [0.2, 0.25) is 0 Å². The Morgan fingerprint density at radius 1 is 0.600 bits per heavy atom. The Morgan fingerprint density at radius 3 is 1.07 bits per heavy atom. The van der Waals surface area contributed by atoms with Gasteiger partial charge in [0.2, 0.25) is 0 Å². The summed E-state index contributed by atoms with van der Waals surface area (Å²) in [5.74, 6) is 0. The molecule has 0 spiro atoms. The summed E-state index contributed by atoms with van der Waals surface area (Å²) in [6.07, 6.45) is 25.8. The van der Waals surface area contributed by atoms with Gasteiger partial charge < -0.3 is 9.66 Å². The molecule has 0 bridgehead atoms. The largest absolute Gasteiger partial charge is 1.00 e. The molecule has 0 amide bonds. The summed E-state index contributed by atoms with van der Waals surface area (Å²) in [4.78, 5) is -2.11.